The maximum Gasteiger partial charge on any atom is 0.270 e. The third-order valence-corrected chi connectivity index (χ3v) is 4.95. The van der Waals surface area contributed by atoms with Crippen molar-refractivity contribution in [2.24, 2.45) is 0 Å². The van der Waals surface area contributed by atoms with Crippen LogP contribution in [0.4, 0.5) is 0 Å². The van der Waals surface area contributed by atoms with Crippen molar-refractivity contribution in [2.45, 2.75) is 12.5 Å². The number of ether oxygens (including phenoxy) is 2. The van der Waals surface area contributed by atoms with E-state index in [0.717, 1.165) is 22.4 Å². The number of aromatic nitrogens is 2. The van der Waals surface area contributed by atoms with Crippen LogP contribution in [0.3, 0.4) is 0 Å². The van der Waals surface area contributed by atoms with E-state index in [9.17, 15) is 4.79 Å². The Morgan fingerprint density at radius 1 is 1.21 bits per heavy atom. The molecule has 0 saturated heterocycles. The molecule has 1 aliphatic rings. The molecule has 0 fully saturated rings. The fourth-order valence-electron chi connectivity index (χ4n) is 3.23. The highest BCUT2D eigenvalue weighted by Gasteiger charge is 2.24. The van der Waals surface area contributed by atoms with Gasteiger partial charge in [-0.3, -0.25) is 4.79 Å². The van der Waals surface area contributed by atoms with Gasteiger partial charge in [0.15, 0.2) is 0 Å². The summed E-state index contributed by atoms with van der Waals surface area (Å²) in [5.41, 5.74) is 3.20. The van der Waals surface area contributed by atoms with E-state index in [2.05, 4.69) is 15.3 Å². The molecule has 6 nitrogen and oxygen atoms in total. The van der Waals surface area contributed by atoms with Crippen molar-refractivity contribution in [2.75, 3.05) is 13.7 Å². The van der Waals surface area contributed by atoms with Crippen LogP contribution in [0, 0.1) is 0 Å². The first kappa shape index (κ1) is 18.3. The molecule has 1 atom stereocenters. The topological polar surface area (TPSA) is 73.3 Å². The number of carbonyl (C=O) groups excluding carboxylic acids is 1. The monoisotopic (exact) mass is 395 g/mol. The van der Waals surface area contributed by atoms with E-state index in [1.54, 1.807) is 19.4 Å². The van der Waals surface area contributed by atoms with Crippen LogP contribution in [0.25, 0.3) is 11.1 Å². The van der Waals surface area contributed by atoms with E-state index >= 15 is 0 Å². The van der Waals surface area contributed by atoms with Gasteiger partial charge in [0.2, 0.25) is 0 Å². The highest BCUT2D eigenvalue weighted by molar-refractivity contribution is 6.32. The number of nitrogens with one attached hydrogen (secondary N) is 1. The summed E-state index contributed by atoms with van der Waals surface area (Å²) in [6.07, 6.45) is 3.58. The number of rotatable bonds is 4. The highest BCUT2D eigenvalue weighted by Crippen LogP contribution is 2.37. The molecule has 1 aliphatic heterocycles. The number of hydrogen-bond donors (Lipinski definition) is 1. The molecular weight excluding hydrogens is 378 g/mol. The smallest absolute Gasteiger partial charge is 0.270 e. The van der Waals surface area contributed by atoms with Crippen LogP contribution in [-0.4, -0.2) is 29.6 Å². The molecular formula is C21H18ClN3O3. The van der Waals surface area contributed by atoms with E-state index in [0.29, 0.717) is 29.5 Å². The Kier molecular flexibility index (Phi) is 5.12. The molecule has 1 amide bonds. The van der Waals surface area contributed by atoms with Crippen LogP contribution >= 0.6 is 11.6 Å². The van der Waals surface area contributed by atoms with Crippen LogP contribution < -0.4 is 14.8 Å². The summed E-state index contributed by atoms with van der Waals surface area (Å²) >= 11 is 6.27. The normalized spacial score (nSPS) is 15.3. The first-order chi connectivity index (χ1) is 13.7. The zero-order chi connectivity index (χ0) is 19.5. The number of fused-ring (bicyclic) bond motifs is 1. The van der Waals surface area contributed by atoms with E-state index in [4.69, 9.17) is 21.1 Å². The number of amides is 1. The molecule has 0 bridgehead atoms. The van der Waals surface area contributed by atoms with Crippen molar-refractivity contribution >= 4 is 17.5 Å². The fourth-order valence-corrected chi connectivity index (χ4v) is 3.48. The lowest BCUT2D eigenvalue weighted by Gasteiger charge is -2.27. The molecule has 1 unspecified atom stereocenters. The summed E-state index contributed by atoms with van der Waals surface area (Å²) in [7, 11) is 1.59. The lowest BCUT2D eigenvalue weighted by molar-refractivity contribution is 0.0919. The molecule has 142 valence electrons. The second kappa shape index (κ2) is 7.86. The van der Waals surface area contributed by atoms with Crippen molar-refractivity contribution < 1.29 is 14.3 Å². The predicted molar refractivity (Wildman–Crippen MR) is 106 cm³/mol. The van der Waals surface area contributed by atoms with Crippen molar-refractivity contribution in [3.63, 3.8) is 0 Å². The van der Waals surface area contributed by atoms with Crippen LogP contribution in [0.15, 0.2) is 55.0 Å². The fraction of sp³-hybridized carbons (Fsp3) is 0.190. The summed E-state index contributed by atoms with van der Waals surface area (Å²) < 4.78 is 11.0. The van der Waals surface area contributed by atoms with Gasteiger partial charge >= 0.3 is 0 Å². The molecule has 3 aromatic rings. The van der Waals surface area contributed by atoms with Gasteiger partial charge < -0.3 is 14.8 Å². The molecule has 7 heteroatoms. The molecule has 2 heterocycles. The lowest BCUT2D eigenvalue weighted by atomic mass is 9.95. The third-order valence-electron chi connectivity index (χ3n) is 4.65. The van der Waals surface area contributed by atoms with Crippen molar-refractivity contribution in [1.82, 2.24) is 15.3 Å². The number of benzene rings is 2. The summed E-state index contributed by atoms with van der Waals surface area (Å²) in [4.78, 5) is 20.4. The highest BCUT2D eigenvalue weighted by atomic mass is 35.5. The zero-order valence-corrected chi connectivity index (χ0v) is 15.9. The maximum atomic E-state index is 12.5. The number of hydrogen-bond acceptors (Lipinski definition) is 5. The molecule has 1 aromatic heterocycles. The van der Waals surface area contributed by atoms with Crippen molar-refractivity contribution in [1.29, 1.82) is 0 Å². The minimum absolute atomic E-state index is 0.167. The minimum Gasteiger partial charge on any atom is -0.495 e. The lowest BCUT2D eigenvalue weighted by Crippen LogP contribution is -2.32. The number of carbonyl (C=O) groups is 1. The van der Waals surface area contributed by atoms with Crippen LogP contribution in [0.2, 0.25) is 5.02 Å². The first-order valence-electron chi connectivity index (χ1n) is 8.83. The largest absolute Gasteiger partial charge is 0.495 e. The first-order valence-corrected chi connectivity index (χ1v) is 9.21. The van der Waals surface area contributed by atoms with Gasteiger partial charge in [0, 0.05) is 18.2 Å². The Morgan fingerprint density at radius 3 is 2.79 bits per heavy atom. The molecule has 0 spiro atoms. The van der Waals surface area contributed by atoms with Crippen molar-refractivity contribution in [3.05, 3.63) is 71.3 Å². The second-order valence-electron chi connectivity index (χ2n) is 6.36. The van der Waals surface area contributed by atoms with Crippen LogP contribution in [0.5, 0.6) is 11.5 Å². The zero-order valence-electron chi connectivity index (χ0n) is 15.2. The molecule has 4 rings (SSSR count). The average Bonchev–Trinajstić information content (AvgIpc) is 2.74. The Hall–Kier alpha value is -3.12. The molecule has 2 aromatic carbocycles. The average molecular weight is 396 g/mol. The predicted octanol–water partition coefficient (Wildman–Crippen LogP) is 4.06. The standard InChI is InChI=1S/C21H18ClN3O3/c1-27-20-5-3-14(11-16(20)22)13-2-4-19-15(10-13)17(7-9-28-19)25-21(26)18-6-8-23-12-24-18/h2-6,8,10-12,17H,7,9H2,1H3,(H,25,26). The minimum atomic E-state index is -0.238. The molecule has 28 heavy (non-hydrogen) atoms. The molecule has 0 radical (unpaired) electrons. The van der Waals surface area contributed by atoms with Gasteiger partial charge in [-0.2, -0.15) is 0 Å². The Balaban J connectivity index is 1.64. The van der Waals surface area contributed by atoms with Gasteiger partial charge in [-0.1, -0.05) is 23.7 Å². The summed E-state index contributed by atoms with van der Waals surface area (Å²) in [6, 6.07) is 13.0. The number of methoxy groups -OCH3 is 1. The van der Waals surface area contributed by atoms with Gasteiger partial charge in [-0.15, -0.1) is 0 Å². The van der Waals surface area contributed by atoms with Crippen molar-refractivity contribution in [3.8, 4) is 22.6 Å². The number of nitrogens with zero attached hydrogens (tertiary/aromatic N) is 2. The molecule has 0 saturated carbocycles. The van der Waals surface area contributed by atoms with Crippen LogP contribution in [0.1, 0.15) is 28.5 Å². The maximum absolute atomic E-state index is 12.5. The quantitative estimate of drug-likeness (QED) is 0.721. The van der Waals surface area contributed by atoms with Crippen LogP contribution in [-0.2, 0) is 0 Å². The SMILES string of the molecule is COc1ccc(-c2ccc3c(c2)C(NC(=O)c2ccncn2)CCO3)cc1Cl. The Labute approximate surface area is 167 Å². The van der Waals surface area contributed by atoms with Gasteiger partial charge in [0.25, 0.3) is 5.91 Å². The van der Waals surface area contributed by atoms with Gasteiger partial charge in [0.1, 0.15) is 23.5 Å². The van der Waals surface area contributed by atoms with E-state index in [1.165, 1.54) is 6.33 Å². The van der Waals surface area contributed by atoms with Gasteiger partial charge in [-0.05, 0) is 41.5 Å². The number of halogens is 1. The Bertz CT molecular complexity index is 1010. The van der Waals surface area contributed by atoms with E-state index in [-0.39, 0.29) is 11.9 Å². The van der Waals surface area contributed by atoms with E-state index in [1.807, 2.05) is 36.4 Å². The summed E-state index contributed by atoms with van der Waals surface area (Å²) in [5, 5.41) is 3.59. The van der Waals surface area contributed by atoms with Gasteiger partial charge in [-0.25, -0.2) is 9.97 Å². The van der Waals surface area contributed by atoms with E-state index < -0.39 is 0 Å². The second-order valence-corrected chi connectivity index (χ2v) is 6.77. The summed E-state index contributed by atoms with van der Waals surface area (Å²) in [6.45, 7) is 0.537. The third kappa shape index (κ3) is 3.64. The molecule has 0 aliphatic carbocycles. The Morgan fingerprint density at radius 2 is 2.04 bits per heavy atom. The summed E-state index contributed by atoms with van der Waals surface area (Å²) in [5.74, 6) is 1.16. The molecule has 1 N–H and O–H groups in total. The van der Waals surface area contributed by atoms with Gasteiger partial charge in [0.05, 0.1) is 24.8 Å².